The van der Waals surface area contributed by atoms with Gasteiger partial charge in [0.05, 0.1) is 36.4 Å². The molecule has 1 saturated heterocycles. The second kappa shape index (κ2) is 13.3. The van der Waals surface area contributed by atoms with Crippen LogP contribution in [0.2, 0.25) is 0 Å². The van der Waals surface area contributed by atoms with E-state index in [9.17, 15) is 14.4 Å². The number of nitrogens with zero attached hydrogens (tertiary/aromatic N) is 3. The summed E-state index contributed by atoms with van der Waals surface area (Å²) >= 11 is 5.11. The lowest BCUT2D eigenvalue weighted by atomic mass is 10.1. The van der Waals surface area contributed by atoms with Gasteiger partial charge in [-0.3, -0.25) is 9.69 Å². The largest absolute Gasteiger partial charge is 0.495 e. The Bertz CT molecular complexity index is 1710. The van der Waals surface area contributed by atoms with Gasteiger partial charge in [-0.25, -0.2) is 19.6 Å². The highest BCUT2D eigenvalue weighted by Crippen LogP contribution is 2.46. The zero-order valence-electron chi connectivity index (χ0n) is 27.5. The first-order valence-electron chi connectivity index (χ1n) is 15.3. The van der Waals surface area contributed by atoms with Crippen LogP contribution in [0.25, 0.3) is 22.3 Å². The van der Waals surface area contributed by atoms with Crippen molar-refractivity contribution in [1.29, 1.82) is 0 Å². The number of methoxy groups -OCH3 is 2. The number of amides is 2. The first-order chi connectivity index (χ1) is 22.2. The molecule has 4 atom stereocenters. The molecule has 0 spiro atoms. The summed E-state index contributed by atoms with van der Waals surface area (Å²) in [7, 11) is 2.85. The summed E-state index contributed by atoms with van der Waals surface area (Å²) in [6.45, 7) is 13.2. The Morgan fingerprint density at radius 1 is 1.17 bits per heavy atom. The third-order valence-corrected chi connectivity index (χ3v) is 9.47. The number of ether oxygens (including phenoxy) is 4. The summed E-state index contributed by atoms with van der Waals surface area (Å²) in [5.74, 6) is -0.246. The Hall–Kier alpha value is -3.91. The van der Waals surface area contributed by atoms with Crippen molar-refractivity contribution in [2.24, 2.45) is 5.92 Å². The van der Waals surface area contributed by atoms with Crippen LogP contribution in [-0.2, 0) is 19.1 Å². The van der Waals surface area contributed by atoms with Crippen LogP contribution < -0.4 is 20.1 Å². The van der Waals surface area contributed by atoms with Crippen LogP contribution in [-0.4, -0.2) is 82.9 Å². The number of anilines is 1. The highest BCUT2D eigenvalue weighted by molar-refractivity contribution is 9.10. The third kappa shape index (κ3) is 7.18. The maximum absolute atomic E-state index is 13.8. The minimum absolute atomic E-state index is 0.0682. The van der Waals surface area contributed by atoms with Crippen molar-refractivity contribution in [2.45, 2.75) is 76.8 Å². The maximum Gasteiger partial charge on any atom is 0.411 e. The molecule has 5 rings (SSSR count). The standard InChI is InChI=1S/C33H40BrN5O7S/c1-9-18-14-33(18,29(41)44-8)38-28(40)23-12-19(15-39(23)31(42)46-32(4,5)6)45-25-13-21(22-16-47-30(37-22)35-17(2)3)36-27-20(25)10-11-24(43-7)26(27)34/h9-11,13,16-19,23H,1,12,14-15H2,2-8H3,(H,35,37)(H,38,40)/t18-,19-,23+,33-/m1/s1. The molecule has 1 aliphatic heterocycles. The Kier molecular flexibility index (Phi) is 9.74. The van der Waals surface area contributed by atoms with Crippen molar-refractivity contribution in [3.63, 3.8) is 0 Å². The van der Waals surface area contributed by atoms with Crippen molar-refractivity contribution in [3.05, 3.63) is 40.7 Å². The van der Waals surface area contributed by atoms with E-state index in [1.807, 2.05) is 37.4 Å². The van der Waals surface area contributed by atoms with Crippen LogP contribution in [0.5, 0.6) is 11.5 Å². The molecule has 252 valence electrons. The topological polar surface area (TPSA) is 141 Å². The summed E-state index contributed by atoms with van der Waals surface area (Å²) in [6, 6.07) is 4.72. The van der Waals surface area contributed by atoms with E-state index >= 15 is 0 Å². The number of rotatable bonds is 10. The second-order valence-corrected chi connectivity index (χ2v) is 14.6. The lowest BCUT2D eigenvalue weighted by Crippen LogP contribution is -2.53. The SMILES string of the molecule is C=C[C@@H]1C[C@]1(NC(=O)[C@@H]1C[C@@H](Oc2cc(-c3csc(NC(C)C)n3)nc3c(Br)c(OC)ccc23)CN1C(=O)OC(C)(C)C)C(=O)OC. The molecule has 1 aromatic carbocycles. The Morgan fingerprint density at radius 2 is 1.91 bits per heavy atom. The number of carbonyl (C=O) groups excluding carboxylic acids is 3. The number of likely N-dealkylation sites (tertiary alicyclic amines) is 1. The van der Waals surface area contributed by atoms with Crippen LogP contribution in [0, 0.1) is 5.92 Å². The smallest absolute Gasteiger partial charge is 0.411 e. The average molecular weight is 731 g/mol. The van der Waals surface area contributed by atoms with Gasteiger partial charge in [0.1, 0.15) is 40.5 Å². The number of thiazole rings is 1. The van der Waals surface area contributed by atoms with Crippen LogP contribution in [0.4, 0.5) is 9.93 Å². The molecule has 0 bridgehead atoms. The van der Waals surface area contributed by atoms with Crippen molar-refractivity contribution >= 4 is 61.3 Å². The molecule has 14 heteroatoms. The molecule has 47 heavy (non-hydrogen) atoms. The Balaban J connectivity index is 1.49. The van der Waals surface area contributed by atoms with E-state index < -0.39 is 41.3 Å². The van der Waals surface area contributed by atoms with Crippen molar-refractivity contribution in [2.75, 3.05) is 26.1 Å². The van der Waals surface area contributed by atoms with Gasteiger partial charge in [-0.05, 0) is 69.1 Å². The van der Waals surface area contributed by atoms with Crippen molar-refractivity contribution in [3.8, 4) is 22.9 Å². The molecule has 1 aliphatic carbocycles. The van der Waals surface area contributed by atoms with Crippen molar-refractivity contribution < 1.29 is 33.3 Å². The van der Waals surface area contributed by atoms with Crippen molar-refractivity contribution in [1.82, 2.24) is 20.2 Å². The molecule has 0 radical (unpaired) electrons. The van der Waals surface area contributed by atoms with Crippen LogP contribution >= 0.6 is 27.3 Å². The van der Waals surface area contributed by atoms with Gasteiger partial charge in [-0.2, -0.15) is 0 Å². The molecular weight excluding hydrogens is 690 g/mol. The molecule has 1 saturated carbocycles. The van der Waals surface area contributed by atoms with E-state index in [-0.39, 0.29) is 24.9 Å². The van der Waals surface area contributed by atoms with E-state index in [0.29, 0.717) is 44.7 Å². The number of pyridine rings is 1. The van der Waals surface area contributed by atoms with Gasteiger partial charge in [0.15, 0.2) is 5.13 Å². The highest BCUT2D eigenvalue weighted by atomic mass is 79.9. The number of esters is 1. The minimum atomic E-state index is -1.22. The summed E-state index contributed by atoms with van der Waals surface area (Å²) in [5.41, 5.74) is -0.177. The van der Waals surface area contributed by atoms with Gasteiger partial charge in [0.25, 0.3) is 0 Å². The molecule has 2 N–H and O–H groups in total. The molecule has 2 amide bonds. The van der Waals surface area contributed by atoms with Gasteiger partial charge >= 0.3 is 12.1 Å². The summed E-state index contributed by atoms with van der Waals surface area (Å²) in [6.07, 6.45) is 0.870. The van der Waals surface area contributed by atoms with E-state index in [2.05, 4.69) is 33.1 Å². The molecule has 2 fully saturated rings. The fourth-order valence-corrected chi connectivity index (χ4v) is 7.07. The van der Waals surface area contributed by atoms with E-state index in [0.717, 1.165) is 5.13 Å². The number of aromatic nitrogens is 2. The molecule has 2 aromatic heterocycles. The predicted octanol–water partition coefficient (Wildman–Crippen LogP) is 5.94. The van der Waals surface area contributed by atoms with Gasteiger partial charge in [-0.1, -0.05) is 6.08 Å². The zero-order valence-corrected chi connectivity index (χ0v) is 29.9. The van der Waals surface area contributed by atoms with E-state index in [4.69, 9.17) is 28.9 Å². The lowest BCUT2D eigenvalue weighted by molar-refractivity contribution is -0.147. The normalized spacial score (nSPS) is 22.1. The van der Waals surface area contributed by atoms with Crippen LogP contribution in [0.3, 0.4) is 0 Å². The maximum atomic E-state index is 13.8. The fourth-order valence-electron chi connectivity index (χ4n) is 5.62. The Morgan fingerprint density at radius 3 is 2.53 bits per heavy atom. The molecule has 2 aliphatic rings. The molecule has 0 unspecified atom stereocenters. The van der Waals surface area contributed by atoms with E-state index in [1.165, 1.54) is 23.3 Å². The molecule has 3 aromatic rings. The van der Waals surface area contributed by atoms with Gasteiger partial charge < -0.3 is 29.6 Å². The average Bonchev–Trinajstić information content (AvgIpc) is 3.30. The van der Waals surface area contributed by atoms with Gasteiger partial charge in [0.2, 0.25) is 5.91 Å². The van der Waals surface area contributed by atoms with Gasteiger partial charge in [0, 0.05) is 35.2 Å². The number of carbonyl (C=O) groups is 3. The number of halogens is 1. The lowest BCUT2D eigenvalue weighted by Gasteiger charge is -2.28. The third-order valence-electron chi connectivity index (χ3n) is 7.93. The summed E-state index contributed by atoms with van der Waals surface area (Å²) in [4.78, 5) is 50.9. The molecular formula is C33H40BrN5O7S. The minimum Gasteiger partial charge on any atom is -0.495 e. The van der Waals surface area contributed by atoms with Gasteiger partial charge in [-0.15, -0.1) is 17.9 Å². The number of hydrogen-bond acceptors (Lipinski definition) is 11. The predicted molar refractivity (Wildman–Crippen MR) is 183 cm³/mol. The number of nitrogens with one attached hydrogen (secondary N) is 2. The van der Waals surface area contributed by atoms with E-state index in [1.54, 1.807) is 34.0 Å². The quantitative estimate of drug-likeness (QED) is 0.190. The fraction of sp³-hybridized carbons (Fsp3) is 0.485. The first-order valence-corrected chi connectivity index (χ1v) is 17.0. The number of hydrogen-bond donors (Lipinski definition) is 2. The van der Waals surface area contributed by atoms with Crippen LogP contribution in [0.15, 0.2) is 40.7 Å². The Labute approximate surface area is 286 Å². The number of fused-ring (bicyclic) bond motifs is 1. The highest BCUT2D eigenvalue weighted by Gasteiger charge is 2.62. The summed E-state index contributed by atoms with van der Waals surface area (Å²) < 4.78 is 23.5. The second-order valence-electron chi connectivity index (χ2n) is 12.9. The van der Waals surface area contributed by atoms with Crippen LogP contribution in [0.1, 0.15) is 47.5 Å². The number of benzene rings is 1. The molecule has 12 nitrogen and oxygen atoms in total. The molecule has 3 heterocycles. The zero-order chi connectivity index (χ0) is 34.3. The summed E-state index contributed by atoms with van der Waals surface area (Å²) in [5, 5.41) is 9.56. The first kappa shape index (κ1) is 34.4. The monoisotopic (exact) mass is 729 g/mol.